The quantitative estimate of drug-likeness (QED) is 0.225. The number of methoxy groups -OCH3 is 1. The highest BCUT2D eigenvalue weighted by Crippen LogP contribution is 2.40. The van der Waals surface area contributed by atoms with Gasteiger partial charge >= 0.3 is 5.51 Å². The van der Waals surface area contributed by atoms with Crippen molar-refractivity contribution in [3.05, 3.63) is 47.8 Å². The van der Waals surface area contributed by atoms with E-state index in [0.717, 1.165) is 0 Å². The molecule has 3 N–H and O–H groups in total. The van der Waals surface area contributed by atoms with Crippen molar-refractivity contribution in [1.29, 1.82) is 0 Å². The summed E-state index contributed by atoms with van der Waals surface area (Å²) in [5, 5.41) is 8.53. The highest BCUT2D eigenvalue weighted by Gasteiger charge is 2.33. The van der Waals surface area contributed by atoms with Crippen molar-refractivity contribution in [3.63, 3.8) is 0 Å². The van der Waals surface area contributed by atoms with Gasteiger partial charge in [0.15, 0.2) is 11.6 Å². The third-order valence-electron chi connectivity index (χ3n) is 6.17. The lowest BCUT2D eigenvalue weighted by atomic mass is 10.0. The first kappa shape index (κ1) is 28.4. The molecule has 208 valence electrons. The number of rotatable bonds is 7. The molecule has 0 spiro atoms. The number of carbonyl (C=O) groups excluding carboxylic acids is 1. The van der Waals surface area contributed by atoms with Gasteiger partial charge in [0.2, 0.25) is 0 Å². The summed E-state index contributed by atoms with van der Waals surface area (Å²) in [6.45, 7) is 1.02. The standard InChI is InChI=1S/C26H28F4N6O2S/c1-31-24(37)20-8-9-22(38-3)23(34-20)32-11-4-6-16-14-21-19(33-18-10-13-35(2)15-17(18)27)7-5-12-36(21)25(16)39-26(28,29)30/h5,7-9,12,14,17-18,33H,10-11,13,15H2,1-3H3,(H,31,37)(H,32,34)/t17-,18+/m0/s1. The number of aromatic nitrogens is 2. The second kappa shape index (κ2) is 12.0. The van der Waals surface area contributed by atoms with E-state index in [0.29, 0.717) is 29.9 Å². The highest BCUT2D eigenvalue weighted by molar-refractivity contribution is 8.00. The largest absolute Gasteiger partial charge is 0.493 e. The Morgan fingerprint density at radius 2 is 2.10 bits per heavy atom. The van der Waals surface area contributed by atoms with E-state index in [2.05, 4.69) is 32.8 Å². The Labute approximate surface area is 227 Å². The Morgan fingerprint density at radius 3 is 2.79 bits per heavy atom. The lowest BCUT2D eigenvalue weighted by Gasteiger charge is -2.33. The number of halogens is 4. The summed E-state index contributed by atoms with van der Waals surface area (Å²) in [6.07, 6.45) is 0.986. The van der Waals surface area contributed by atoms with Gasteiger partial charge in [-0.15, -0.1) is 0 Å². The predicted molar refractivity (Wildman–Crippen MR) is 143 cm³/mol. The lowest BCUT2D eigenvalue weighted by molar-refractivity contribution is -0.0329. The Balaban J connectivity index is 1.61. The first-order valence-electron chi connectivity index (χ1n) is 12.1. The molecule has 39 heavy (non-hydrogen) atoms. The fourth-order valence-corrected chi connectivity index (χ4v) is 4.97. The zero-order valence-corrected chi connectivity index (χ0v) is 22.3. The minimum atomic E-state index is -4.54. The number of ether oxygens (including phenoxy) is 1. The maximum absolute atomic E-state index is 14.7. The van der Waals surface area contributed by atoms with Crippen LogP contribution in [0.5, 0.6) is 5.75 Å². The van der Waals surface area contributed by atoms with Gasteiger partial charge in [0.05, 0.1) is 36.5 Å². The van der Waals surface area contributed by atoms with Crippen molar-refractivity contribution in [2.75, 3.05) is 51.5 Å². The highest BCUT2D eigenvalue weighted by atomic mass is 32.2. The third-order valence-corrected chi connectivity index (χ3v) is 7.01. The first-order chi connectivity index (χ1) is 18.6. The van der Waals surface area contributed by atoms with Gasteiger partial charge in [-0.25, -0.2) is 9.37 Å². The van der Waals surface area contributed by atoms with E-state index in [1.165, 1.54) is 30.8 Å². The van der Waals surface area contributed by atoms with Crippen molar-refractivity contribution in [3.8, 4) is 17.6 Å². The number of nitrogens with one attached hydrogen (secondary N) is 3. The van der Waals surface area contributed by atoms with Gasteiger partial charge in [-0.05, 0) is 43.8 Å². The van der Waals surface area contributed by atoms with Crippen LogP contribution in [0, 0.1) is 11.8 Å². The Kier molecular flexibility index (Phi) is 8.76. The van der Waals surface area contributed by atoms with Crippen LogP contribution in [0.25, 0.3) is 5.52 Å². The molecule has 4 heterocycles. The molecule has 1 amide bonds. The molecule has 4 rings (SSSR count). The van der Waals surface area contributed by atoms with E-state index in [1.54, 1.807) is 24.3 Å². The van der Waals surface area contributed by atoms with Crippen molar-refractivity contribution in [2.45, 2.75) is 29.2 Å². The van der Waals surface area contributed by atoms with Crippen molar-refractivity contribution in [1.82, 2.24) is 19.6 Å². The Morgan fingerprint density at radius 1 is 1.31 bits per heavy atom. The fourth-order valence-electron chi connectivity index (χ4n) is 4.28. The molecule has 3 aromatic heterocycles. The summed E-state index contributed by atoms with van der Waals surface area (Å²) in [5.41, 5.74) is -3.20. The van der Waals surface area contributed by atoms with Gasteiger partial charge < -0.3 is 30.0 Å². The molecule has 0 bridgehead atoms. The molecule has 1 aliphatic rings. The minimum Gasteiger partial charge on any atom is -0.493 e. The molecule has 1 fully saturated rings. The van der Waals surface area contributed by atoms with Crippen LogP contribution in [0.4, 0.5) is 29.1 Å². The Hall–Kier alpha value is -3.63. The molecule has 0 radical (unpaired) electrons. The third kappa shape index (κ3) is 6.88. The first-order valence-corrected chi connectivity index (χ1v) is 12.9. The predicted octanol–water partition coefficient (Wildman–Crippen LogP) is 4.23. The van der Waals surface area contributed by atoms with Crippen LogP contribution >= 0.6 is 11.8 Å². The molecule has 0 unspecified atom stereocenters. The van der Waals surface area contributed by atoms with Crippen molar-refractivity contribution in [2.24, 2.45) is 0 Å². The maximum Gasteiger partial charge on any atom is 0.447 e. The molecule has 0 aromatic carbocycles. The van der Waals surface area contributed by atoms with Gasteiger partial charge in [-0.2, -0.15) is 13.2 Å². The van der Waals surface area contributed by atoms with E-state index >= 15 is 0 Å². The number of hydrogen-bond acceptors (Lipinski definition) is 7. The van der Waals surface area contributed by atoms with Crippen LogP contribution in [-0.2, 0) is 0 Å². The molecular weight excluding hydrogens is 536 g/mol. The number of piperidine rings is 1. The molecular formula is C26H28F4N6O2S. The molecule has 3 aromatic rings. The maximum atomic E-state index is 14.7. The van der Waals surface area contributed by atoms with Crippen molar-refractivity contribution >= 4 is 34.7 Å². The molecule has 0 aliphatic carbocycles. The topological polar surface area (TPSA) is 82.9 Å². The van der Waals surface area contributed by atoms with E-state index in [4.69, 9.17) is 4.74 Å². The second-order valence-electron chi connectivity index (χ2n) is 8.89. The van der Waals surface area contributed by atoms with Crippen LogP contribution in [0.1, 0.15) is 22.5 Å². The summed E-state index contributed by atoms with van der Waals surface area (Å²) >= 11 is -0.258. The van der Waals surface area contributed by atoms with Crippen LogP contribution in [0.15, 0.2) is 41.6 Å². The van der Waals surface area contributed by atoms with Crippen LogP contribution in [0.3, 0.4) is 0 Å². The van der Waals surface area contributed by atoms with Crippen LogP contribution in [0.2, 0.25) is 0 Å². The minimum absolute atomic E-state index is 0.0209. The summed E-state index contributed by atoms with van der Waals surface area (Å²) < 4.78 is 61.8. The normalized spacial score (nSPS) is 17.8. The van der Waals surface area contributed by atoms with Gasteiger partial charge in [0.1, 0.15) is 16.9 Å². The molecule has 13 heteroatoms. The SMILES string of the molecule is CNC(=O)c1ccc(OC)c(NCC#Cc2cc3c(N[C@@H]4CCN(C)C[C@@H]4F)cccn3c2SC(F)(F)F)n1. The number of thioether (sulfide) groups is 1. The molecule has 0 saturated carbocycles. The summed E-state index contributed by atoms with van der Waals surface area (Å²) in [5.74, 6) is 5.91. The zero-order valence-electron chi connectivity index (χ0n) is 21.5. The van der Waals surface area contributed by atoms with Crippen LogP contribution in [-0.4, -0.2) is 78.8 Å². The van der Waals surface area contributed by atoms with Crippen molar-refractivity contribution < 1.29 is 27.1 Å². The number of fused-ring (bicyclic) bond motifs is 1. The van der Waals surface area contributed by atoms with Gasteiger partial charge in [-0.1, -0.05) is 11.8 Å². The number of amides is 1. The molecule has 1 saturated heterocycles. The average Bonchev–Trinajstić information content (AvgIpc) is 3.24. The van der Waals surface area contributed by atoms with E-state index in [1.807, 2.05) is 11.9 Å². The molecule has 8 nitrogen and oxygen atoms in total. The fraction of sp³-hybridized carbons (Fsp3) is 0.385. The summed E-state index contributed by atoms with van der Waals surface area (Å²) in [4.78, 5) is 18.0. The van der Waals surface area contributed by atoms with E-state index < -0.39 is 17.7 Å². The van der Waals surface area contributed by atoms with E-state index in [9.17, 15) is 22.4 Å². The van der Waals surface area contributed by atoms with Crippen LogP contribution < -0.4 is 20.7 Å². The number of likely N-dealkylation sites (tertiary alicyclic amines) is 1. The number of pyridine rings is 2. The molecule has 2 atom stereocenters. The van der Waals surface area contributed by atoms with E-state index in [-0.39, 0.29) is 52.9 Å². The zero-order chi connectivity index (χ0) is 28.2. The Bertz CT molecular complexity index is 1400. The number of anilines is 2. The number of hydrogen-bond donors (Lipinski definition) is 3. The number of nitrogens with zero attached hydrogens (tertiary/aromatic N) is 3. The summed E-state index contributed by atoms with van der Waals surface area (Å²) in [7, 11) is 4.78. The second-order valence-corrected chi connectivity index (χ2v) is 9.94. The average molecular weight is 565 g/mol. The van der Waals surface area contributed by atoms with Gasteiger partial charge in [0, 0.05) is 38.1 Å². The smallest absolute Gasteiger partial charge is 0.447 e. The summed E-state index contributed by atoms with van der Waals surface area (Å²) in [6, 6.07) is 7.54. The van der Waals surface area contributed by atoms with Gasteiger partial charge in [0.25, 0.3) is 5.91 Å². The van der Waals surface area contributed by atoms with Gasteiger partial charge in [-0.3, -0.25) is 4.79 Å². The lowest BCUT2D eigenvalue weighted by Crippen LogP contribution is -2.46. The number of carbonyl (C=O) groups is 1. The monoisotopic (exact) mass is 564 g/mol. The molecule has 1 aliphatic heterocycles. The number of alkyl halides is 4.